The second kappa shape index (κ2) is 7.50. The van der Waals surface area contributed by atoms with Gasteiger partial charge in [0, 0.05) is 73.4 Å². The Hall–Kier alpha value is -4.09. The van der Waals surface area contributed by atoms with Crippen molar-refractivity contribution in [2.45, 2.75) is 19.1 Å². The summed E-state index contributed by atoms with van der Waals surface area (Å²) in [6, 6.07) is 10.1. The smallest absolute Gasteiger partial charge is 0.254 e. The van der Waals surface area contributed by atoms with E-state index >= 15 is 0 Å². The number of likely N-dealkylation sites (tertiary alicyclic amines) is 1. The van der Waals surface area contributed by atoms with Gasteiger partial charge in [0.15, 0.2) is 0 Å². The minimum Gasteiger partial charge on any atom is -0.508 e. The number of benzene rings is 2. The maximum Gasteiger partial charge on any atom is 0.254 e. The molecule has 0 unspecified atom stereocenters. The van der Waals surface area contributed by atoms with Gasteiger partial charge in [0.1, 0.15) is 11.5 Å². The molecule has 6 N–H and O–H groups in total. The summed E-state index contributed by atoms with van der Waals surface area (Å²) in [4.78, 5) is 26.0. The predicted octanol–water partition coefficient (Wildman–Crippen LogP) is 1.73. The largest absolute Gasteiger partial charge is 0.508 e. The van der Waals surface area contributed by atoms with E-state index < -0.39 is 0 Å². The number of nitrogens with zero attached hydrogens (tertiary/aromatic N) is 4. The molecule has 11 heteroatoms. The highest BCUT2D eigenvalue weighted by Crippen LogP contribution is 2.31. The zero-order valence-electron chi connectivity index (χ0n) is 17.5. The molecule has 4 heterocycles. The van der Waals surface area contributed by atoms with Crippen molar-refractivity contribution in [1.29, 1.82) is 0 Å². The molecule has 0 radical (unpaired) electrons. The van der Waals surface area contributed by atoms with E-state index in [1.165, 1.54) is 18.2 Å². The summed E-state index contributed by atoms with van der Waals surface area (Å²) in [6.45, 7) is 2.78. The molecule has 1 fully saturated rings. The summed E-state index contributed by atoms with van der Waals surface area (Å²) in [7, 11) is 0. The second-order valence-electron chi connectivity index (χ2n) is 8.43. The Morgan fingerprint density at radius 2 is 1.82 bits per heavy atom. The average molecular weight is 446 g/mol. The summed E-state index contributed by atoms with van der Waals surface area (Å²) < 4.78 is 0. The van der Waals surface area contributed by atoms with E-state index in [1.54, 1.807) is 6.20 Å². The van der Waals surface area contributed by atoms with Gasteiger partial charge >= 0.3 is 0 Å². The Kier molecular flexibility index (Phi) is 4.45. The first-order valence-electron chi connectivity index (χ1n) is 10.6. The van der Waals surface area contributed by atoms with Crippen LogP contribution in [0.2, 0.25) is 0 Å². The highest BCUT2D eigenvalue weighted by molar-refractivity contribution is 5.97. The third-order valence-corrected chi connectivity index (χ3v) is 6.17. The predicted molar refractivity (Wildman–Crippen MR) is 121 cm³/mol. The summed E-state index contributed by atoms with van der Waals surface area (Å²) in [5, 5.41) is 22.3. The van der Waals surface area contributed by atoms with Crippen molar-refractivity contribution in [2.75, 3.05) is 29.3 Å². The lowest BCUT2D eigenvalue weighted by Crippen LogP contribution is -2.59. The molecule has 0 atom stereocenters. The maximum atomic E-state index is 12.8. The van der Waals surface area contributed by atoms with Gasteiger partial charge in [-0.2, -0.15) is 0 Å². The molecular formula is C22H22N8O3. The van der Waals surface area contributed by atoms with Crippen LogP contribution in [0.1, 0.15) is 21.6 Å². The molecule has 0 spiro atoms. The highest BCUT2D eigenvalue weighted by atomic mass is 16.3. The van der Waals surface area contributed by atoms with E-state index in [-0.39, 0.29) is 23.4 Å². The monoisotopic (exact) mass is 446 g/mol. The van der Waals surface area contributed by atoms with Gasteiger partial charge in [-0.3, -0.25) is 9.69 Å². The van der Waals surface area contributed by atoms with E-state index in [9.17, 15) is 15.0 Å². The van der Waals surface area contributed by atoms with Crippen molar-refractivity contribution in [3.05, 3.63) is 59.4 Å². The fourth-order valence-electron chi connectivity index (χ4n) is 4.38. The SMILES string of the molecule is O=C(c1ccc2c(c1)NNN2)N1CC(N2Cc3cnc(Nc4cc(O)cc(O)c4)nc3C2)C1. The Labute approximate surface area is 189 Å². The number of carbonyl (C=O) groups is 1. The van der Waals surface area contributed by atoms with Crippen LogP contribution in [0.3, 0.4) is 0 Å². The quantitative estimate of drug-likeness (QED) is 0.351. The molecule has 6 rings (SSSR count). The van der Waals surface area contributed by atoms with E-state index in [2.05, 4.69) is 36.6 Å². The van der Waals surface area contributed by atoms with Crippen LogP contribution in [0, 0.1) is 0 Å². The number of phenolic OH excluding ortho intramolecular Hbond substituents is 2. The number of nitrogens with one attached hydrogen (secondary N) is 4. The van der Waals surface area contributed by atoms with Crippen molar-refractivity contribution in [3.8, 4) is 11.5 Å². The number of hydrazine groups is 2. The zero-order chi connectivity index (χ0) is 22.5. The lowest BCUT2D eigenvalue weighted by atomic mass is 10.0. The first kappa shape index (κ1) is 19.6. The molecule has 168 valence electrons. The molecule has 0 bridgehead atoms. The molecule has 11 nitrogen and oxygen atoms in total. The number of aromatic nitrogens is 2. The molecule has 1 aromatic heterocycles. The number of carbonyl (C=O) groups excluding carboxylic acids is 1. The number of phenols is 2. The topological polar surface area (TPSA) is 138 Å². The molecule has 0 saturated carbocycles. The molecular weight excluding hydrogens is 424 g/mol. The molecule has 1 saturated heterocycles. The second-order valence-corrected chi connectivity index (χ2v) is 8.43. The fraction of sp³-hybridized carbons (Fsp3) is 0.227. The van der Waals surface area contributed by atoms with Crippen molar-refractivity contribution >= 4 is 28.9 Å². The molecule has 2 aromatic carbocycles. The van der Waals surface area contributed by atoms with Crippen molar-refractivity contribution in [1.82, 2.24) is 25.3 Å². The standard InChI is InChI=1S/C22H22N8O3/c31-16-4-14(5-17(32)6-16)24-22-23-7-13-8-29(11-20(13)25-22)15-9-30(10-15)21(33)12-1-2-18-19(3-12)27-28-26-18/h1-7,15,26-28,31-32H,8-11H2,(H,23,24,25). The van der Waals surface area contributed by atoms with Crippen LogP contribution < -0.4 is 21.7 Å². The first-order chi connectivity index (χ1) is 16.0. The average Bonchev–Trinajstić information content (AvgIpc) is 3.37. The van der Waals surface area contributed by atoms with Gasteiger partial charge < -0.3 is 31.3 Å². The third kappa shape index (κ3) is 3.62. The van der Waals surface area contributed by atoms with E-state index in [4.69, 9.17) is 0 Å². The molecule has 3 aliphatic rings. The number of hydrogen-bond donors (Lipinski definition) is 6. The van der Waals surface area contributed by atoms with Crippen LogP contribution in [0.5, 0.6) is 11.5 Å². The van der Waals surface area contributed by atoms with Crippen LogP contribution in [0.4, 0.5) is 23.0 Å². The lowest BCUT2D eigenvalue weighted by Gasteiger charge is -2.44. The molecule has 0 aliphatic carbocycles. The fourth-order valence-corrected chi connectivity index (χ4v) is 4.38. The van der Waals surface area contributed by atoms with Crippen molar-refractivity contribution in [2.24, 2.45) is 0 Å². The molecule has 1 amide bonds. The Morgan fingerprint density at radius 3 is 2.64 bits per heavy atom. The van der Waals surface area contributed by atoms with Gasteiger partial charge in [-0.1, -0.05) is 0 Å². The molecule has 3 aromatic rings. The van der Waals surface area contributed by atoms with Crippen LogP contribution in [-0.2, 0) is 13.1 Å². The van der Waals surface area contributed by atoms with Crippen LogP contribution in [-0.4, -0.2) is 55.0 Å². The van der Waals surface area contributed by atoms with Crippen LogP contribution in [0.15, 0.2) is 42.6 Å². The Balaban J connectivity index is 1.08. The maximum absolute atomic E-state index is 12.8. The normalized spacial score (nSPS) is 17.0. The van der Waals surface area contributed by atoms with E-state index in [1.807, 2.05) is 23.1 Å². The number of amides is 1. The van der Waals surface area contributed by atoms with Gasteiger partial charge in [0.2, 0.25) is 5.95 Å². The highest BCUT2D eigenvalue weighted by Gasteiger charge is 2.38. The van der Waals surface area contributed by atoms with Crippen LogP contribution >= 0.6 is 0 Å². The number of anilines is 4. The molecule has 3 aliphatic heterocycles. The molecule has 33 heavy (non-hydrogen) atoms. The first-order valence-corrected chi connectivity index (χ1v) is 10.6. The Morgan fingerprint density at radius 1 is 1.03 bits per heavy atom. The Bertz CT molecular complexity index is 1240. The summed E-state index contributed by atoms with van der Waals surface area (Å²) in [5.41, 5.74) is 13.7. The van der Waals surface area contributed by atoms with E-state index in [0.717, 1.165) is 29.2 Å². The minimum atomic E-state index is -0.0431. The van der Waals surface area contributed by atoms with Gasteiger partial charge in [-0.15, -0.1) is 5.53 Å². The van der Waals surface area contributed by atoms with Gasteiger partial charge in [0.25, 0.3) is 5.91 Å². The lowest BCUT2D eigenvalue weighted by molar-refractivity contribution is 0.0249. The number of fused-ring (bicyclic) bond motifs is 2. The number of hydrogen-bond acceptors (Lipinski definition) is 10. The van der Waals surface area contributed by atoms with Crippen LogP contribution in [0.25, 0.3) is 0 Å². The number of rotatable bonds is 4. The number of aromatic hydroxyl groups is 2. The third-order valence-electron chi connectivity index (χ3n) is 6.17. The van der Waals surface area contributed by atoms with Gasteiger partial charge in [-0.05, 0) is 18.2 Å². The minimum absolute atomic E-state index is 0.0279. The zero-order valence-corrected chi connectivity index (χ0v) is 17.5. The van der Waals surface area contributed by atoms with E-state index in [0.29, 0.717) is 36.8 Å². The van der Waals surface area contributed by atoms with Crippen molar-refractivity contribution < 1.29 is 15.0 Å². The summed E-state index contributed by atoms with van der Waals surface area (Å²) in [6.07, 6.45) is 1.80. The van der Waals surface area contributed by atoms with Gasteiger partial charge in [-0.25, -0.2) is 9.97 Å². The van der Waals surface area contributed by atoms with Crippen molar-refractivity contribution in [3.63, 3.8) is 0 Å². The summed E-state index contributed by atoms with van der Waals surface area (Å²) >= 11 is 0. The summed E-state index contributed by atoms with van der Waals surface area (Å²) in [5.74, 6) is 0.345. The van der Waals surface area contributed by atoms with Gasteiger partial charge in [0.05, 0.1) is 17.1 Å².